The smallest absolute Gasteiger partial charge is 0.410 e. The van der Waals surface area contributed by atoms with E-state index in [4.69, 9.17) is 4.74 Å². The summed E-state index contributed by atoms with van der Waals surface area (Å²) in [6.07, 6.45) is 0.709. The number of Topliss-reactive ketones (excluding diaryl/α,β-unsaturated/α-hetero) is 1. The Morgan fingerprint density at radius 2 is 1.95 bits per heavy atom. The molecule has 1 aliphatic heterocycles. The zero-order chi connectivity index (χ0) is 15.8. The van der Waals surface area contributed by atoms with Crippen LogP contribution in [-0.4, -0.2) is 48.5 Å². The molecule has 2 fully saturated rings. The van der Waals surface area contributed by atoms with Gasteiger partial charge in [0.2, 0.25) is 0 Å². The van der Waals surface area contributed by atoms with Crippen LogP contribution in [0.1, 0.15) is 33.6 Å². The molecule has 0 radical (unpaired) electrons. The first-order valence-electron chi connectivity index (χ1n) is 7.32. The third-order valence-electron chi connectivity index (χ3n) is 4.12. The Hall–Kier alpha value is -1.59. The molecule has 6 heteroatoms. The molecular weight excluding hydrogens is 274 g/mol. The van der Waals surface area contributed by atoms with Gasteiger partial charge in [0.15, 0.2) is 5.78 Å². The predicted molar refractivity (Wildman–Crippen MR) is 74.5 cm³/mol. The highest BCUT2D eigenvalue weighted by Crippen LogP contribution is 2.39. The average molecular weight is 297 g/mol. The van der Waals surface area contributed by atoms with Gasteiger partial charge < -0.3 is 14.4 Å². The molecule has 0 aromatic rings. The lowest BCUT2D eigenvalue weighted by Crippen LogP contribution is -2.45. The summed E-state index contributed by atoms with van der Waals surface area (Å²) in [5, 5.41) is 0. The molecule has 0 aromatic heterocycles. The molecule has 1 saturated heterocycles. The number of likely N-dealkylation sites (tertiary alicyclic amines) is 1. The summed E-state index contributed by atoms with van der Waals surface area (Å²) >= 11 is 0. The average Bonchev–Trinajstić information content (AvgIpc) is 2.73. The Labute approximate surface area is 124 Å². The van der Waals surface area contributed by atoms with Crippen LogP contribution in [0.15, 0.2) is 0 Å². The number of ether oxygens (including phenoxy) is 2. The molecule has 1 saturated carbocycles. The van der Waals surface area contributed by atoms with Gasteiger partial charge in [-0.3, -0.25) is 9.59 Å². The number of amides is 1. The van der Waals surface area contributed by atoms with Crippen molar-refractivity contribution in [2.24, 2.45) is 17.8 Å². The van der Waals surface area contributed by atoms with Crippen LogP contribution in [0.3, 0.4) is 0 Å². The standard InChI is InChI=1S/C15H23NO5/c1-15(2,3)21-14(19)16-6-5-10-9(8-16)7-11(12(10)17)13(18)20-4/h9-11H,5-8H2,1-4H3. The molecule has 2 aliphatic rings. The molecule has 21 heavy (non-hydrogen) atoms. The number of hydrogen-bond donors (Lipinski definition) is 0. The summed E-state index contributed by atoms with van der Waals surface area (Å²) in [4.78, 5) is 37.6. The van der Waals surface area contributed by atoms with E-state index in [1.54, 1.807) is 4.90 Å². The summed E-state index contributed by atoms with van der Waals surface area (Å²) in [7, 11) is 1.30. The molecular formula is C15H23NO5. The van der Waals surface area contributed by atoms with E-state index in [0.29, 0.717) is 25.9 Å². The maximum absolute atomic E-state index is 12.2. The van der Waals surface area contributed by atoms with Gasteiger partial charge in [-0.25, -0.2) is 4.79 Å². The van der Waals surface area contributed by atoms with Gasteiger partial charge in [-0.05, 0) is 39.5 Å². The number of carbonyl (C=O) groups excluding carboxylic acids is 3. The normalized spacial score (nSPS) is 29.0. The highest BCUT2D eigenvalue weighted by molar-refractivity contribution is 6.02. The third-order valence-corrected chi connectivity index (χ3v) is 4.12. The Balaban J connectivity index is 2.00. The number of piperidine rings is 1. The summed E-state index contributed by atoms with van der Waals surface area (Å²) in [6, 6.07) is 0. The minimum Gasteiger partial charge on any atom is -0.468 e. The molecule has 0 spiro atoms. The molecule has 1 aliphatic carbocycles. The van der Waals surface area contributed by atoms with Crippen molar-refractivity contribution < 1.29 is 23.9 Å². The minimum atomic E-state index is -0.663. The summed E-state index contributed by atoms with van der Waals surface area (Å²) in [6.45, 7) is 6.44. The molecule has 2 rings (SSSR count). The fourth-order valence-corrected chi connectivity index (χ4v) is 3.17. The summed E-state index contributed by atoms with van der Waals surface area (Å²) in [5.41, 5.74) is -0.534. The van der Waals surface area contributed by atoms with Gasteiger partial charge in [-0.2, -0.15) is 0 Å². The number of rotatable bonds is 1. The van der Waals surface area contributed by atoms with E-state index in [-0.39, 0.29) is 23.7 Å². The van der Waals surface area contributed by atoms with Gasteiger partial charge >= 0.3 is 12.1 Å². The van der Waals surface area contributed by atoms with Crippen LogP contribution in [0.5, 0.6) is 0 Å². The number of carbonyl (C=O) groups is 3. The Bertz CT molecular complexity index is 453. The molecule has 1 amide bonds. The predicted octanol–water partition coefficient (Wildman–Crippen LogP) is 1.62. The largest absolute Gasteiger partial charge is 0.468 e. The van der Waals surface area contributed by atoms with Crippen molar-refractivity contribution >= 4 is 17.8 Å². The number of methoxy groups -OCH3 is 1. The van der Waals surface area contributed by atoms with E-state index in [1.807, 2.05) is 20.8 Å². The van der Waals surface area contributed by atoms with Crippen LogP contribution >= 0.6 is 0 Å². The maximum atomic E-state index is 12.2. The van der Waals surface area contributed by atoms with E-state index in [0.717, 1.165) is 0 Å². The zero-order valence-electron chi connectivity index (χ0n) is 13.0. The van der Waals surface area contributed by atoms with E-state index in [1.165, 1.54) is 7.11 Å². The number of nitrogens with zero attached hydrogens (tertiary/aromatic N) is 1. The summed E-state index contributed by atoms with van der Waals surface area (Å²) < 4.78 is 10.0. The Kier molecular flexibility index (Phi) is 4.25. The monoisotopic (exact) mass is 297 g/mol. The molecule has 3 atom stereocenters. The van der Waals surface area contributed by atoms with Crippen molar-refractivity contribution in [3.63, 3.8) is 0 Å². The van der Waals surface area contributed by atoms with Gasteiger partial charge in [0.1, 0.15) is 11.5 Å². The highest BCUT2D eigenvalue weighted by Gasteiger charge is 2.49. The van der Waals surface area contributed by atoms with Gasteiger partial charge in [-0.1, -0.05) is 0 Å². The van der Waals surface area contributed by atoms with Crippen LogP contribution in [0.4, 0.5) is 4.79 Å². The van der Waals surface area contributed by atoms with Crippen molar-refractivity contribution in [2.45, 2.75) is 39.2 Å². The first-order valence-corrected chi connectivity index (χ1v) is 7.32. The van der Waals surface area contributed by atoms with E-state index in [9.17, 15) is 14.4 Å². The van der Waals surface area contributed by atoms with Crippen molar-refractivity contribution in [1.29, 1.82) is 0 Å². The van der Waals surface area contributed by atoms with Crippen molar-refractivity contribution in [3.8, 4) is 0 Å². The fraction of sp³-hybridized carbons (Fsp3) is 0.800. The van der Waals surface area contributed by atoms with Crippen molar-refractivity contribution in [2.75, 3.05) is 20.2 Å². The lowest BCUT2D eigenvalue weighted by atomic mass is 9.88. The van der Waals surface area contributed by atoms with Gasteiger partial charge in [0, 0.05) is 19.0 Å². The van der Waals surface area contributed by atoms with Gasteiger partial charge in [0.25, 0.3) is 0 Å². The Morgan fingerprint density at radius 1 is 1.29 bits per heavy atom. The SMILES string of the molecule is COC(=O)C1CC2CN(C(=O)OC(C)(C)C)CCC2C1=O. The van der Waals surface area contributed by atoms with Crippen LogP contribution in [0.25, 0.3) is 0 Å². The second-order valence-corrected chi connectivity index (χ2v) is 6.80. The minimum absolute atomic E-state index is 0.0304. The number of ketones is 1. The topological polar surface area (TPSA) is 72.9 Å². The van der Waals surface area contributed by atoms with E-state index >= 15 is 0 Å². The van der Waals surface area contributed by atoms with Gasteiger partial charge in [-0.15, -0.1) is 0 Å². The molecule has 3 unspecified atom stereocenters. The molecule has 0 N–H and O–H groups in total. The van der Waals surface area contributed by atoms with Crippen molar-refractivity contribution in [3.05, 3.63) is 0 Å². The van der Waals surface area contributed by atoms with Crippen molar-refractivity contribution in [1.82, 2.24) is 4.90 Å². The lowest BCUT2D eigenvalue weighted by molar-refractivity contribution is -0.148. The van der Waals surface area contributed by atoms with Gasteiger partial charge in [0.05, 0.1) is 7.11 Å². The number of esters is 1. The van der Waals surface area contributed by atoms with E-state index in [2.05, 4.69) is 4.74 Å². The quantitative estimate of drug-likeness (QED) is 0.543. The molecule has 6 nitrogen and oxygen atoms in total. The van der Waals surface area contributed by atoms with Crippen LogP contribution in [-0.2, 0) is 19.1 Å². The van der Waals surface area contributed by atoms with Crippen LogP contribution < -0.4 is 0 Å². The maximum Gasteiger partial charge on any atom is 0.410 e. The first kappa shape index (κ1) is 15.8. The molecule has 1 heterocycles. The molecule has 0 aromatic carbocycles. The number of hydrogen-bond acceptors (Lipinski definition) is 5. The first-order chi connectivity index (χ1) is 9.73. The second kappa shape index (κ2) is 5.66. The zero-order valence-corrected chi connectivity index (χ0v) is 13.0. The third kappa shape index (κ3) is 3.36. The molecule has 0 bridgehead atoms. The van der Waals surface area contributed by atoms with Crippen LogP contribution in [0.2, 0.25) is 0 Å². The molecule has 118 valence electrons. The lowest BCUT2D eigenvalue weighted by Gasteiger charge is -2.35. The van der Waals surface area contributed by atoms with Crippen LogP contribution in [0, 0.1) is 17.8 Å². The summed E-state index contributed by atoms with van der Waals surface area (Å²) in [5.74, 6) is -1.26. The number of fused-ring (bicyclic) bond motifs is 1. The fourth-order valence-electron chi connectivity index (χ4n) is 3.17. The highest BCUT2D eigenvalue weighted by atomic mass is 16.6. The second-order valence-electron chi connectivity index (χ2n) is 6.80. The van der Waals surface area contributed by atoms with E-state index < -0.39 is 17.5 Å². The Morgan fingerprint density at radius 3 is 2.52 bits per heavy atom.